The number of amides is 1. The predicted molar refractivity (Wildman–Crippen MR) is 68.9 cm³/mol. The molecular weight excluding hydrogens is 214 g/mol. The fraction of sp³-hybridized carbons (Fsp3) is 0.923. The summed E-state index contributed by atoms with van der Waals surface area (Å²) in [6.07, 6.45) is 5.06. The zero-order valence-electron chi connectivity index (χ0n) is 11.3. The molecule has 2 fully saturated rings. The standard InChI is InChI=1S/C13H25N3O/c1-10(13(17)15(2)3)16(12-6-7-12)9-11-5-4-8-14-11/h10-12,14H,4-9H2,1-3H3. The van der Waals surface area contributed by atoms with Gasteiger partial charge in [0.2, 0.25) is 5.91 Å². The molecule has 1 saturated heterocycles. The van der Waals surface area contributed by atoms with Crippen LogP contribution >= 0.6 is 0 Å². The summed E-state index contributed by atoms with van der Waals surface area (Å²) in [4.78, 5) is 16.2. The van der Waals surface area contributed by atoms with Gasteiger partial charge >= 0.3 is 0 Å². The lowest BCUT2D eigenvalue weighted by Crippen LogP contribution is -2.49. The first-order chi connectivity index (χ1) is 8.09. The van der Waals surface area contributed by atoms with E-state index >= 15 is 0 Å². The van der Waals surface area contributed by atoms with Gasteiger partial charge < -0.3 is 10.2 Å². The smallest absolute Gasteiger partial charge is 0.239 e. The predicted octanol–water partition coefficient (Wildman–Crippen LogP) is 0.679. The van der Waals surface area contributed by atoms with Crippen molar-refractivity contribution in [3.63, 3.8) is 0 Å². The maximum Gasteiger partial charge on any atom is 0.239 e. The van der Waals surface area contributed by atoms with Crippen molar-refractivity contribution in [1.82, 2.24) is 15.1 Å². The number of nitrogens with one attached hydrogen (secondary N) is 1. The second-order valence-corrected chi connectivity index (χ2v) is 5.63. The van der Waals surface area contributed by atoms with E-state index in [0.717, 1.165) is 13.1 Å². The number of carbonyl (C=O) groups is 1. The second-order valence-electron chi connectivity index (χ2n) is 5.63. The van der Waals surface area contributed by atoms with E-state index in [1.54, 1.807) is 4.90 Å². The molecule has 1 saturated carbocycles. The number of hydrogen-bond acceptors (Lipinski definition) is 3. The van der Waals surface area contributed by atoms with E-state index in [1.165, 1.54) is 25.7 Å². The second kappa shape index (κ2) is 5.36. The third kappa shape index (κ3) is 3.19. The monoisotopic (exact) mass is 239 g/mol. The highest BCUT2D eigenvalue weighted by atomic mass is 16.2. The van der Waals surface area contributed by atoms with Crippen LogP contribution in [0.1, 0.15) is 32.6 Å². The van der Waals surface area contributed by atoms with Gasteiger partial charge in [0.1, 0.15) is 0 Å². The van der Waals surface area contributed by atoms with Crippen LogP contribution < -0.4 is 5.32 Å². The van der Waals surface area contributed by atoms with Gasteiger partial charge in [0.25, 0.3) is 0 Å². The van der Waals surface area contributed by atoms with Gasteiger partial charge in [-0.05, 0) is 39.2 Å². The van der Waals surface area contributed by atoms with Crippen LogP contribution in [0.5, 0.6) is 0 Å². The summed E-state index contributed by atoms with van der Waals surface area (Å²) in [5.41, 5.74) is 0. The minimum atomic E-state index is 0.0277. The normalized spacial score (nSPS) is 26.2. The Balaban J connectivity index is 1.93. The topological polar surface area (TPSA) is 35.6 Å². The summed E-state index contributed by atoms with van der Waals surface area (Å²) < 4.78 is 0. The van der Waals surface area contributed by atoms with Gasteiger partial charge in [-0.3, -0.25) is 9.69 Å². The van der Waals surface area contributed by atoms with Gasteiger partial charge in [-0.2, -0.15) is 0 Å². The van der Waals surface area contributed by atoms with Crippen LogP contribution in [0.3, 0.4) is 0 Å². The third-order valence-electron chi connectivity index (χ3n) is 3.91. The molecule has 0 aromatic carbocycles. The molecule has 4 heteroatoms. The average molecular weight is 239 g/mol. The minimum Gasteiger partial charge on any atom is -0.347 e. The van der Waals surface area contributed by atoms with Crippen LogP contribution in [0, 0.1) is 0 Å². The molecule has 17 heavy (non-hydrogen) atoms. The van der Waals surface area contributed by atoms with Gasteiger partial charge in [-0.1, -0.05) is 0 Å². The molecule has 2 aliphatic rings. The minimum absolute atomic E-state index is 0.0277. The van der Waals surface area contributed by atoms with Crippen molar-refractivity contribution < 1.29 is 4.79 Å². The van der Waals surface area contributed by atoms with Crippen LogP contribution in [0.15, 0.2) is 0 Å². The van der Waals surface area contributed by atoms with Gasteiger partial charge in [0.15, 0.2) is 0 Å². The molecule has 0 bridgehead atoms. The number of carbonyl (C=O) groups excluding carboxylic acids is 1. The molecule has 0 spiro atoms. The Kier molecular flexibility index (Phi) is 4.05. The van der Waals surface area contributed by atoms with Gasteiger partial charge in [0, 0.05) is 32.7 Å². The van der Waals surface area contributed by atoms with Crippen LogP contribution in [0.2, 0.25) is 0 Å². The Morgan fingerprint density at radius 2 is 2.06 bits per heavy atom. The van der Waals surface area contributed by atoms with Crippen molar-refractivity contribution in [3.8, 4) is 0 Å². The first-order valence-corrected chi connectivity index (χ1v) is 6.80. The van der Waals surface area contributed by atoms with E-state index in [0.29, 0.717) is 12.1 Å². The van der Waals surface area contributed by atoms with Crippen LogP contribution in [-0.2, 0) is 4.79 Å². The molecule has 1 heterocycles. The summed E-state index contributed by atoms with van der Waals surface area (Å²) in [6.45, 7) is 4.22. The zero-order valence-corrected chi connectivity index (χ0v) is 11.3. The fourth-order valence-electron chi connectivity index (χ4n) is 2.71. The molecule has 1 N–H and O–H groups in total. The lowest BCUT2D eigenvalue weighted by molar-refractivity contribution is -0.134. The summed E-state index contributed by atoms with van der Waals surface area (Å²) in [5.74, 6) is 0.231. The van der Waals surface area contributed by atoms with Crippen LogP contribution in [-0.4, -0.2) is 61.0 Å². The number of likely N-dealkylation sites (N-methyl/N-ethyl adjacent to an activating group) is 1. The van der Waals surface area contributed by atoms with Crippen molar-refractivity contribution in [2.75, 3.05) is 27.2 Å². The number of hydrogen-bond donors (Lipinski definition) is 1. The molecule has 0 radical (unpaired) electrons. The Labute approximate surface area is 104 Å². The fourth-order valence-corrected chi connectivity index (χ4v) is 2.71. The van der Waals surface area contributed by atoms with E-state index in [-0.39, 0.29) is 11.9 Å². The molecule has 2 atom stereocenters. The maximum atomic E-state index is 12.1. The first kappa shape index (κ1) is 12.8. The van der Waals surface area contributed by atoms with Crippen molar-refractivity contribution >= 4 is 5.91 Å². The van der Waals surface area contributed by atoms with Gasteiger partial charge in [-0.25, -0.2) is 0 Å². The summed E-state index contributed by atoms with van der Waals surface area (Å²) in [5, 5.41) is 3.53. The molecule has 2 rings (SSSR count). The Hall–Kier alpha value is -0.610. The SMILES string of the molecule is CC(C(=O)N(C)C)N(CC1CCCN1)C1CC1. The van der Waals surface area contributed by atoms with Crippen molar-refractivity contribution in [2.45, 2.75) is 50.7 Å². The summed E-state index contributed by atoms with van der Waals surface area (Å²) >= 11 is 0. The third-order valence-corrected chi connectivity index (χ3v) is 3.91. The van der Waals surface area contributed by atoms with Gasteiger partial charge in [-0.15, -0.1) is 0 Å². The molecule has 1 amide bonds. The Bertz CT molecular complexity index is 270. The van der Waals surface area contributed by atoms with Crippen LogP contribution in [0.25, 0.3) is 0 Å². The lowest BCUT2D eigenvalue weighted by Gasteiger charge is -2.32. The first-order valence-electron chi connectivity index (χ1n) is 6.80. The molecule has 0 aromatic rings. The lowest BCUT2D eigenvalue weighted by atomic mass is 10.1. The van der Waals surface area contributed by atoms with Gasteiger partial charge in [0.05, 0.1) is 6.04 Å². The molecule has 4 nitrogen and oxygen atoms in total. The van der Waals surface area contributed by atoms with E-state index in [4.69, 9.17) is 0 Å². The Morgan fingerprint density at radius 3 is 2.53 bits per heavy atom. The van der Waals surface area contributed by atoms with Crippen molar-refractivity contribution in [2.24, 2.45) is 0 Å². The molecule has 2 unspecified atom stereocenters. The largest absolute Gasteiger partial charge is 0.347 e. The quantitative estimate of drug-likeness (QED) is 0.766. The van der Waals surface area contributed by atoms with E-state index < -0.39 is 0 Å². The zero-order chi connectivity index (χ0) is 12.4. The average Bonchev–Trinajstić information content (AvgIpc) is 3.01. The van der Waals surface area contributed by atoms with Crippen LogP contribution in [0.4, 0.5) is 0 Å². The number of nitrogens with zero attached hydrogens (tertiary/aromatic N) is 2. The summed E-state index contributed by atoms with van der Waals surface area (Å²) in [7, 11) is 3.69. The highest BCUT2D eigenvalue weighted by molar-refractivity contribution is 5.81. The Morgan fingerprint density at radius 1 is 1.35 bits per heavy atom. The van der Waals surface area contributed by atoms with E-state index in [9.17, 15) is 4.79 Å². The molecule has 0 aromatic heterocycles. The van der Waals surface area contributed by atoms with Crippen molar-refractivity contribution in [3.05, 3.63) is 0 Å². The molecule has 98 valence electrons. The highest BCUT2D eigenvalue weighted by Gasteiger charge is 2.36. The van der Waals surface area contributed by atoms with Crippen molar-refractivity contribution in [1.29, 1.82) is 0 Å². The van der Waals surface area contributed by atoms with E-state index in [1.807, 2.05) is 14.1 Å². The highest BCUT2D eigenvalue weighted by Crippen LogP contribution is 2.29. The maximum absolute atomic E-state index is 12.1. The molecular formula is C13H25N3O. The molecule has 1 aliphatic carbocycles. The van der Waals surface area contributed by atoms with E-state index in [2.05, 4.69) is 17.1 Å². The molecule has 1 aliphatic heterocycles. The number of rotatable bonds is 5. The summed E-state index contributed by atoms with van der Waals surface area (Å²) in [6, 6.07) is 1.27.